The highest BCUT2D eigenvalue weighted by atomic mass is 16.5. The van der Waals surface area contributed by atoms with Gasteiger partial charge in [0.25, 0.3) is 5.91 Å². The Morgan fingerprint density at radius 3 is 2.46 bits per heavy atom. The van der Waals surface area contributed by atoms with Crippen LogP contribution in [0.5, 0.6) is 0 Å². The summed E-state index contributed by atoms with van der Waals surface area (Å²) in [5.41, 5.74) is 2.69. The van der Waals surface area contributed by atoms with Crippen LogP contribution in [0.1, 0.15) is 25.3 Å². The van der Waals surface area contributed by atoms with E-state index in [1.54, 1.807) is 0 Å². The number of amides is 1. The van der Waals surface area contributed by atoms with E-state index in [0.29, 0.717) is 0 Å². The Balaban J connectivity index is 1.78. The van der Waals surface area contributed by atoms with Crippen LogP contribution in [0.2, 0.25) is 0 Å². The first-order valence-corrected chi connectivity index (χ1v) is 9.65. The molecule has 7 nitrogen and oxygen atoms in total. The normalized spacial score (nSPS) is 19.9. The molecule has 1 saturated heterocycles. The summed E-state index contributed by atoms with van der Waals surface area (Å²) in [6, 6.07) is 8.08. The SMILES string of the molecule is COC(=O)C1=C(Nc2ccc(C3(C)CCN(C)CC3)cc2)C(=O)N(CCO)C1. The molecule has 0 saturated carbocycles. The number of nitrogens with zero attached hydrogens (tertiary/aromatic N) is 2. The third-order valence-corrected chi connectivity index (χ3v) is 5.90. The second-order valence-electron chi connectivity index (χ2n) is 7.86. The number of nitrogens with one attached hydrogen (secondary N) is 1. The van der Waals surface area contributed by atoms with Gasteiger partial charge in [0.1, 0.15) is 5.70 Å². The molecule has 1 aromatic carbocycles. The first-order chi connectivity index (χ1) is 13.4. The van der Waals surface area contributed by atoms with E-state index in [2.05, 4.69) is 36.3 Å². The number of methoxy groups -OCH3 is 1. The van der Waals surface area contributed by atoms with Gasteiger partial charge in [-0.15, -0.1) is 0 Å². The van der Waals surface area contributed by atoms with Crippen LogP contribution in [-0.4, -0.2) is 73.7 Å². The first kappa shape index (κ1) is 20.4. The maximum Gasteiger partial charge on any atom is 0.337 e. The van der Waals surface area contributed by atoms with Gasteiger partial charge in [0.2, 0.25) is 0 Å². The monoisotopic (exact) mass is 387 g/mol. The molecule has 3 rings (SSSR count). The van der Waals surface area contributed by atoms with Crippen molar-refractivity contribution in [1.29, 1.82) is 0 Å². The van der Waals surface area contributed by atoms with Gasteiger partial charge < -0.3 is 25.0 Å². The minimum Gasteiger partial charge on any atom is -0.466 e. The fourth-order valence-electron chi connectivity index (χ4n) is 3.85. The third kappa shape index (κ3) is 4.05. The fraction of sp³-hybridized carbons (Fsp3) is 0.524. The summed E-state index contributed by atoms with van der Waals surface area (Å²) in [4.78, 5) is 28.5. The summed E-state index contributed by atoms with van der Waals surface area (Å²) < 4.78 is 4.82. The Bertz CT molecular complexity index is 764. The van der Waals surface area contributed by atoms with E-state index in [1.807, 2.05) is 12.1 Å². The average Bonchev–Trinajstić information content (AvgIpc) is 3.00. The zero-order valence-corrected chi connectivity index (χ0v) is 16.8. The van der Waals surface area contributed by atoms with E-state index in [0.717, 1.165) is 31.6 Å². The predicted molar refractivity (Wildman–Crippen MR) is 107 cm³/mol. The second kappa shape index (κ2) is 8.32. The molecule has 0 aliphatic carbocycles. The van der Waals surface area contributed by atoms with E-state index in [-0.39, 0.29) is 42.3 Å². The van der Waals surface area contributed by atoms with Gasteiger partial charge in [-0.3, -0.25) is 4.79 Å². The van der Waals surface area contributed by atoms with Crippen LogP contribution in [0.15, 0.2) is 35.5 Å². The average molecular weight is 387 g/mol. The minimum atomic E-state index is -0.535. The molecule has 1 fully saturated rings. The Morgan fingerprint density at radius 2 is 1.89 bits per heavy atom. The van der Waals surface area contributed by atoms with Gasteiger partial charge >= 0.3 is 5.97 Å². The molecule has 0 spiro atoms. The Kier molecular flexibility index (Phi) is 6.05. The van der Waals surface area contributed by atoms with Gasteiger partial charge in [-0.1, -0.05) is 19.1 Å². The van der Waals surface area contributed by atoms with E-state index in [4.69, 9.17) is 9.84 Å². The van der Waals surface area contributed by atoms with Crippen LogP contribution in [-0.2, 0) is 19.7 Å². The second-order valence-corrected chi connectivity index (χ2v) is 7.86. The lowest BCUT2D eigenvalue weighted by Crippen LogP contribution is -2.38. The van der Waals surface area contributed by atoms with Crippen LogP contribution in [0, 0.1) is 0 Å². The molecule has 0 bridgehead atoms. The Labute approximate surface area is 166 Å². The summed E-state index contributed by atoms with van der Waals surface area (Å²) in [6.07, 6.45) is 2.23. The van der Waals surface area contributed by atoms with Crippen molar-refractivity contribution in [1.82, 2.24) is 9.80 Å². The number of β-amino-alcohol motifs (C(OH)–C–C–N with tert-alkyl or cyclic N) is 1. The van der Waals surface area contributed by atoms with Gasteiger partial charge in [0.05, 0.1) is 25.8 Å². The van der Waals surface area contributed by atoms with Crippen molar-refractivity contribution >= 4 is 17.6 Å². The number of aliphatic hydroxyl groups is 1. The van der Waals surface area contributed by atoms with Crippen molar-refractivity contribution in [2.24, 2.45) is 0 Å². The number of carbonyl (C=O) groups is 2. The lowest BCUT2D eigenvalue weighted by atomic mass is 9.74. The van der Waals surface area contributed by atoms with Crippen LogP contribution in [0.3, 0.4) is 0 Å². The number of piperidine rings is 1. The molecule has 2 aliphatic heterocycles. The van der Waals surface area contributed by atoms with Crippen molar-refractivity contribution < 1.29 is 19.4 Å². The van der Waals surface area contributed by atoms with Gasteiger partial charge in [-0.25, -0.2) is 4.79 Å². The maximum absolute atomic E-state index is 12.6. The van der Waals surface area contributed by atoms with Gasteiger partial charge in [0, 0.05) is 12.2 Å². The van der Waals surface area contributed by atoms with Gasteiger partial charge in [-0.05, 0) is 56.1 Å². The number of hydrogen-bond donors (Lipinski definition) is 2. The molecular formula is C21H29N3O4. The molecule has 1 aromatic rings. The summed E-state index contributed by atoms with van der Waals surface area (Å²) >= 11 is 0. The molecule has 152 valence electrons. The third-order valence-electron chi connectivity index (χ3n) is 5.90. The molecule has 28 heavy (non-hydrogen) atoms. The maximum atomic E-state index is 12.6. The molecule has 2 N–H and O–H groups in total. The number of benzene rings is 1. The fourth-order valence-corrected chi connectivity index (χ4v) is 3.85. The first-order valence-electron chi connectivity index (χ1n) is 9.65. The number of hydrogen-bond acceptors (Lipinski definition) is 6. The van der Waals surface area contributed by atoms with Crippen LogP contribution >= 0.6 is 0 Å². The zero-order chi connectivity index (χ0) is 20.3. The molecule has 0 unspecified atom stereocenters. The van der Waals surface area contributed by atoms with Crippen molar-refractivity contribution in [2.75, 3.05) is 52.3 Å². The number of anilines is 1. The van der Waals surface area contributed by atoms with Gasteiger partial charge in [0.15, 0.2) is 0 Å². The quantitative estimate of drug-likeness (QED) is 0.717. The Hall–Kier alpha value is -2.38. The van der Waals surface area contributed by atoms with Crippen molar-refractivity contribution in [3.63, 3.8) is 0 Å². The summed E-state index contributed by atoms with van der Waals surface area (Å²) in [7, 11) is 3.45. The predicted octanol–water partition coefficient (Wildman–Crippen LogP) is 1.34. The smallest absolute Gasteiger partial charge is 0.337 e. The summed E-state index contributed by atoms with van der Waals surface area (Å²) in [5.74, 6) is -0.840. The summed E-state index contributed by atoms with van der Waals surface area (Å²) in [6.45, 7) is 4.62. The van der Waals surface area contributed by atoms with Crippen LogP contribution in [0.25, 0.3) is 0 Å². The van der Waals surface area contributed by atoms with Gasteiger partial charge in [-0.2, -0.15) is 0 Å². The highest BCUT2D eigenvalue weighted by Gasteiger charge is 2.35. The number of ether oxygens (including phenoxy) is 1. The number of likely N-dealkylation sites (tertiary alicyclic amines) is 1. The number of carbonyl (C=O) groups excluding carboxylic acids is 2. The van der Waals surface area contributed by atoms with Crippen molar-refractivity contribution in [3.8, 4) is 0 Å². The van der Waals surface area contributed by atoms with E-state index < -0.39 is 5.97 Å². The lowest BCUT2D eigenvalue weighted by molar-refractivity contribution is -0.136. The molecule has 2 heterocycles. The lowest BCUT2D eigenvalue weighted by Gasteiger charge is -2.38. The van der Waals surface area contributed by atoms with Crippen LogP contribution in [0.4, 0.5) is 5.69 Å². The number of rotatable bonds is 6. The molecule has 2 aliphatic rings. The van der Waals surface area contributed by atoms with E-state index in [9.17, 15) is 9.59 Å². The van der Waals surface area contributed by atoms with Crippen molar-refractivity contribution in [3.05, 3.63) is 41.1 Å². The minimum absolute atomic E-state index is 0.137. The van der Waals surface area contributed by atoms with Crippen LogP contribution < -0.4 is 5.32 Å². The standard InChI is InChI=1S/C21H29N3O4/c1-21(8-10-23(2)11-9-21)15-4-6-16(7-5-15)22-18-17(20(27)28-3)14-24(12-13-25)19(18)26/h4-7,22,25H,8-14H2,1-3H3. The molecule has 0 atom stereocenters. The highest BCUT2D eigenvalue weighted by molar-refractivity contribution is 6.08. The number of esters is 1. The Morgan fingerprint density at radius 1 is 1.25 bits per heavy atom. The van der Waals surface area contributed by atoms with Crippen molar-refractivity contribution in [2.45, 2.75) is 25.2 Å². The zero-order valence-electron chi connectivity index (χ0n) is 16.8. The van der Waals surface area contributed by atoms with E-state index >= 15 is 0 Å². The highest BCUT2D eigenvalue weighted by Crippen LogP contribution is 2.35. The van der Waals surface area contributed by atoms with E-state index in [1.165, 1.54) is 17.6 Å². The molecule has 0 radical (unpaired) electrons. The molecule has 1 amide bonds. The molecule has 0 aromatic heterocycles. The largest absolute Gasteiger partial charge is 0.466 e. The topological polar surface area (TPSA) is 82.1 Å². The molecule has 7 heteroatoms. The molecular weight excluding hydrogens is 358 g/mol. The summed E-state index contributed by atoms with van der Waals surface area (Å²) in [5, 5.41) is 12.2. The number of aliphatic hydroxyl groups excluding tert-OH is 1.